The van der Waals surface area contributed by atoms with E-state index in [4.69, 9.17) is 5.11 Å². The van der Waals surface area contributed by atoms with Gasteiger partial charge in [0.05, 0.1) is 25.4 Å². The zero-order valence-corrected chi connectivity index (χ0v) is 8.52. The zero-order valence-electron chi connectivity index (χ0n) is 8.52. The van der Waals surface area contributed by atoms with Crippen LogP contribution < -0.4 is 5.32 Å². The number of carbonyl (C=O) groups is 3. The molecule has 0 radical (unpaired) electrons. The van der Waals surface area contributed by atoms with Gasteiger partial charge in [-0.15, -0.1) is 0 Å². The van der Waals surface area contributed by atoms with Gasteiger partial charge in [0, 0.05) is 6.04 Å². The molecule has 84 valence electrons. The Morgan fingerprint density at radius 2 is 2.13 bits per heavy atom. The molecule has 6 nitrogen and oxygen atoms in total. The van der Waals surface area contributed by atoms with Gasteiger partial charge in [-0.2, -0.15) is 0 Å². The molecule has 1 amide bonds. The Bertz CT molecular complexity index is 301. The van der Waals surface area contributed by atoms with Gasteiger partial charge in [0.2, 0.25) is 5.91 Å². The van der Waals surface area contributed by atoms with E-state index in [0.29, 0.717) is 0 Å². The number of carboxylic acids is 1. The summed E-state index contributed by atoms with van der Waals surface area (Å²) >= 11 is 0. The number of amides is 1. The zero-order chi connectivity index (χ0) is 11.6. The monoisotopic (exact) mass is 215 g/mol. The van der Waals surface area contributed by atoms with Gasteiger partial charge in [0.25, 0.3) is 0 Å². The Kier molecular flexibility index (Phi) is 3.28. The number of ether oxygens (including phenoxy) is 1. The molecule has 0 spiro atoms. The summed E-state index contributed by atoms with van der Waals surface area (Å²) in [6.45, 7) is 1.65. The highest BCUT2D eigenvalue weighted by Gasteiger charge is 2.45. The van der Waals surface area contributed by atoms with Crippen LogP contribution in [-0.4, -0.2) is 36.1 Å². The average Bonchev–Trinajstić information content (AvgIpc) is 2.40. The molecule has 0 unspecified atom stereocenters. The fourth-order valence-corrected chi connectivity index (χ4v) is 1.85. The van der Waals surface area contributed by atoms with Crippen LogP contribution >= 0.6 is 0 Å². The van der Waals surface area contributed by atoms with Gasteiger partial charge in [-0.1, -0.05) is 0 Å². The highest BCUT2D eigenvalue weighted by Crippen LogP contribution is 2.27. The lowest BCUT2D eigenvalue weighted by molar-refractivity contribution is -0.149. The van der Waals surface area contributed by atoms with Gasteiger partial charge in [0.1, 0.15) is 0 Å². The fraction of sp³-hybridized carbons (Fsp3) is 0.667. The molecule has 0 bridgehead atoms. The first-order valence-electron chi connectivity index (χ1n) is 4.57. The Balaban J connectivity index is 2.84. The molecule has 6 heteroatoms. The van der Waals surface area contributed by atoms with Crippen LogP contribution in [0.5, 0.6) is 0 Å². The molecule has 0 aromatic carbocycles. The second-order valence-corrected chi connectivity index (χ2v) is 3.55. The Morgan fingerprint density at radius 1 is 1.53 bits per heavy atom. The van der Waals surface area contributed by atoms with E-state index in [0.717, 1.165) is 0 Å². The molecule has 1 heterocycles. The molecule has 1 fully saturated rings. The number of methoxy groups -OCH3 is 1. The maximum absolute atomic E-state index is 11.4. The lowest BCUT2D eigenvalue weighted by Crippen LogP contribution is -2.31. The number of nitrogens with one attached hydrogen (secondary N) is 1. The lowest BCUT2D eigenvalue weighted by Gasteiger charge is -2.15. The maximum atomic E-state index is 11.4. The summed E-state index contributed by atoms with van der Waals surface area (Å²) < 4.78 is 4.54. The van der Waals surface area contributed by atoms with Gasteiger partial charge in [0.15, 0.2) is 0 Å². The van der Waals surface area contributed by atoms with E-state index in [2.05, 4.69) is 10.1 Å². The first-order chi connectivity index (χ1) is 6.97. The van der Waals surface area contributed by atoms with E-state index in [9.17, 15) is 14.4 Å². The predicted octanol–water partition coefficient (Wildman–Crippen LogP) is -0.615. The molecule has 1 rings (SSSR count). The van der Waals surface area contributed by atoms with Crippen LogP contribution in [0.25, 0.3) is 0 Å². The van der Waals surface area contributed by atoms with Crippen molar-refractivity contribution in [3.05, 3.63) is 0 Å². The summed E-state index contributed by atoms with van der Waals surface area (Å²) in [5.41, 5.74) is 0. The van der Waals surface area contributed by atoms with E-state index < -0.39 is 29.7 Å². The van der Waals surface area contributed by atoms with Crippen molar-refractivity contribution >= 4 is 17.8 Å². The highest BCUT2D eigenvalue weighted by molar-refractivity contribution is 5.92. The summed E-state index contributed by atoms with van der Waals surface area (Å²) in [4.78, 5) is 33.3. The van der Waals surface area contributed by atoms with Crippen molar-refractivity contribution in [2.24, 2.45) is 11.8 Å². The molecule has 1 aliphatic rings. The normalized spacial score (nSPS) is 29.7. The Labute approximate surface area is 86.6 Å². The van der Waals surface area contributed by atoms with Crippen LogP contribution in [0.1, 0.15) is 13.3 Å². The van der Waals surface area contributed by atoms with Crippen molar-refractivity contribution in [1.82, 2.24) is 5.32 Å². The number of hydrogen-bond donors (Lipinski definition) is 2. The molecule has 0 aromatic rings. The van der Waals surface area contributed by atoms with Crippen LogP contribution in [0.3, 0.4) is 0 Å². The second kappa shape index (κ2) is 4.29. The van der Waals surface area contributed by atoms with E-state index in [1.807, 2.05) is 0 Å². The highest BCUT2D eigenvalue weighted by atomic mass is 16.5. The van der Waals surface area contributed by atoms with Gasteiger partial charge >= 0.3 is 11.9 Å². The number of rotatable bonds is 3. The summed E-state index contributed by atoms with van der Waals surface area (Å²) in [5.74, 6) is -3.59. The molecule has 1 aliphatic heterocycles. The fourth-order valence-electron chi connectivity index (χ4n) is 1.85. The molecule has 2 N–H and O–H groups in total. The Hall–Kier alpha value is -1.59. The summed E-state index contributed by atoms with van der Waals surface area (Å²) in [5, 5.41) is 11.2. The van der Waals surface area contributed by atoms with Gasteiger partial charge < -0.3 is 15.2 Å². The van der Waals surface area contributed by atoms with Crippen molar-refractivity contribution < 1.29 is 24.2 Å². The van der Waals surface area contributed by atoms with E-state index in [1.165, 1.54) is 7.11 Å². The largest absolute Gasteiger partial charge is 0.481 e. The van der Waals surface area contributed by atoms with Crippen molar-refractivity contribution in [3.8, 4) is 0 Å². The third kappa shape index (κ3) is 2.26. The molecule has 0 saturated carbocycles. The SMILES string of the molecule is COC(=O)[C@@H]1[C@H](C)NC(=O)[C@H]1CC(=O)O. The van der Waals surface area contributed by atoms with Crippen LogP contribution in [-0.2, 0) is 19.1 Å². The molecule has 0 aliphatic carbocycles. The van der Waals surface area contributed by atoms with Crippen molar-refractivity contribution in [1.29, 1.82) is 0 Å². The smallest absolute Gasteiger partial charge is 0.311 e. The first-order valence-corrected chi connectivity index (χ1v) is 4.57. The number of aliphatic carboxylic acids is 1. The number of esters is 1. The van der Waals surface area contributed by atoms with Gasteiger partial charge in [-0.25, -0.2) is 0 Å². The second-order valence-electron chi connectivity index (χ2n) is 3.55. The van der Waals surface area contributed by atoms with Gasteiger partial charge in [-0.05, 0) is 6.92 Å². The average molecular weight is 215 g/mol. The summed E-state index contributed by atoms with van der Waals surface area (Å²) in [6.07, 6.45) is -0.351. The minimum absolute atomic E-state index is 0.351. The molecule has 1 saturated heterocycles. The maximum Gasteiger partial charge on any atom is 0.311 e. The minimum atomic E-state index is -1.10. The lowest BCUT2D eigenvalue weighted by atomic mass is 9.88. The van der Waals surface area contributed by atoms with Crippen molar-refractivity contribution in [2.75, 3.05) is 7.11 Å². The first kappa shape index (κ1) is 11.5. The molecular formula is C9H13NO5. The predicted molar refractivity (Wildman–Crippen MR) is 48.9 cm³/mol. The number of carbonyl (C=O) groups excluding carboxylic acids is 2. The van der Waals surface area contributed by atoms with E-state index in [-0.39, 0.29) is 12.5 Å². The van der Waals surface area contributed by atoms with Crippen molar-refractivity contribution in [2.45, 2.75) is 19.4 Å². The number of carboxylic acid groups (broad SMARTS) is 1. The quantitative estimate of drug-likeness (QED) is 0.612. The molecule has 15 heavy (non-hydrogen) atoms. The van der Waals surface area contributed by atoms with Gasteiger partial charge in [-0.3, -0.25) is 14.4 Å². The topological polar surface area (TPSA) is 92.7 Å². The van der Waals surface area contributed by atoms with Crippen molar-refractivity contribution in [3.63, 3.8) is 0 Å². The third-order valence-corrected chi connectivity index (χ3v) is 2.55. The molecule has 0 aromatic heterocycles. The summed E-state index contributed by atoms with van der Waals surface area (Å²) in [7, 11) is 1.22. The van der Waals surface area contributed by atoms with Crippen LogP contribution in [0.15, 0.2) is 0 Å². The van der Waals surface area contributed by atoms with E-state index >= 15 is 0 Å². The van der Waals surface area contributed by atoms with Crippen LogP contribution in [0.4, 0.5) is 0 Å². The minimum Gasteiger partial charge on any atom is -0.481 e. The third-order valence-electron chi connectivity index (χ3n) is 2.55. The molecule has 3 atom stereocenters. The number of hydrogen-bond acceptors (Lipinski definition) is 4. The van der Waals surface area contributed by atoms with Crippen LogP contribution in [0.2, 0.25) is 0 Å². The van der Waals surface area contributed by atoms with E-state index in [1.54, 1.807) is 6.92 Å². The molecular weight excluding hydrogens is 202 g/mol. The standard InChI is InChI=1S/C9H13NO5/c1-4-7(9(14)15-2)5(3-6(11)12)8(13)10-4/h4-5,7H,3H2,1-2H3,(H,10,13)(H,11,12)/t4-,5-,7+/m0/s1. The van der Waals surface area contributed by atoms with Crippen LogP contribution in [0, 0.1) is 11.8 Å². The Morgan fingerprint density at radius 3 is 2.60 bits per heavy atom. The summed E-state index contributed by atoms with van der Waals surface area (Å²) in [6, 6.07) is -0.380.